The molecule has 0 N–H and O–H groups in total. The maximum absolute atomic E-state index is 13.9. The summed E-state index contributed by atoms with van der Waals surface area (Å²) in [4.78, 5) is 0. The number of hydrogen-bond acceptors (Lipinski definition) is 0. The molecule has 1 unspecified atom stereocenters. The Morgan fingerprint density at radius 1 is 0.800 bits per heavy atom. The zero-order valence-corrected chi connectivity index (χ0v) is 13.0. The van der Waals surface area contributed by atoms with Gasteiger partial charge in [-0.3, -0.25) is 0 Å². The molecule has 0 aliphatic heterocycles. The van der Waals surface area contributed by atoms with Gasteiger partial charge in [-0.15, -0.1) is 11.6 Å². The first kappa shape index (κ1) is 15.6. The maximum Gasteiger partial charge on any atom is 0.142 e. The third-order valence-electron chi connectivity index (χ3n) is 3.20. The van der Waals surface area contributed by atoms with Crippen LogP contribution in [-0.4, -0.2) is 0 Å². The van der Waals surface area contributed by atoms with Gasteiger partial charge in [0.1, 0.15) is 11.6 Å². The van der Waals surface area contributed by atoms with Crippen molar-refractivity contribution in [1.82, 2.24) is 0 Å². The molecule has 0 aliphatic carbocycles. The lowest BCUT2D eigenvalue weighted by atomic mass is 9.99. The van der Waals surface area contributed by atoms with Gasteiger partial charge in [0.05, 0.1) is 10.4 Å². The fourth-order valence-electron chi connectivity index (χ4n) is 1.90. The molecule has 0 bridgehead atoms. The third-order valence-corrected chi connectivity index (χ3v) is 4.29. The lowest BCUT2D eigenvalue weighted by Gasteiger charge is -2.15. The molecule has 0 heterocycles. The van der Waals surface area contributed by atoms with Gasteiger partial charge in [0.15, 0.2) is 0 Å². The van der Waals surface area contributed by atoms with Crippen LogP contribution in [0.5, 0.6) is 0 Å². The van der Waals surface area contributed by atoms with Crippen LogP contribution in [-0.2, 0) is 0 Å². The molecule has 1 atom stereocenters. The molecule has 0 radical (unpaired) electrons. The van der Waals surface area contributed by atoms with Crippen molar-refractivity contribution in [3.63, 3.8) is 0 Å². The molecule has 0 fully saturated rings. The van der Waals surface area contributed by atoms with E-state index in [9.17, 15) is 8.78 Å². The van der Waals surface area contributed by atoms with E-state index in [4.69, 9.17) is 34.8 Å². The average molecular weight is 336 g/mol. The van der Waals surface area contributed by atoms with Gasteiger partial charge in [-0.2, -0.15) is 0 Å². The van der Waals surface area contributed by atoms with Crippen molar-refractivity contribution in [2.75, 3.05) is 0 Å². The van der Waals surface area contributed by atoms with Gasteiger partial charge in [0.25, 0.3) is 0 Å². The molecule has 2 rings (SSSR count). The van der Waals surface area contributed by atoms with Gasteiger partial charge in [0, 0.05) is 10.6 Å². The fraction of sp³-hybridized carbons (Fsp3) is 0.200. The second-order valence-electron chi connectivity index (χ2n) is 4.61. The van der Waals surface area contributed by atoms with Crippen LogP contribution in [0.25, 0.3) is 0 Å². The predicted molar refractivity (Wildman–Crippen MR) is 80.0 cm³/mol. The van der Waals surface area contributed by atoms with E-state index in [1.165, 1.54) is 0 Å². The van der Waals surface area contributed by atoms with E-state index in [-0.39, 0.29) is 10.6 Å². The zero-order chi connectivity index (χ0) is 15.0. The molecule has 0 spiro atoms. The van der Waals surface area contributed by atoms with Crippen molar-refractivity contribution in [2.24, 2.45) is 0 Å². The molecule has 0 amide bonds. The van der Waals surface area contributed by atoms with E-state index in [1.807, 2.05) is 13.8 Å². The van der Waals surface area contributed by atoms with Gasteiger partial charge in [-0.25, -0.2) is 8.78 Å². The molecule has 0 aromatic heterocycles. The first-order chi connectivity index (χ1) is 9.31. The van der Waals surface area contributed by atoms with Crippen LogP contribution >= 0.6 is 34.8 Å². The SMILES string of the molecule is Cc1cc(Cl)c(C(Cl)c2cc(F)c(Cl)cc2F)cc1C. The molecule has 5 heteroatoms. The summed E-state index contributed by atoms with van der Waals surface area (Å²) in [6.45, 7) is 3.81. The van der Waals surface area contributed by atoms with Crippen LogP contribution in [0, 0.1) is 25.5 Å². The summed E-state index contributed by atoms with van der Waals surface area (Å²) in [5.74, 6) is -1.38. The minimum atomic E-state index is -0.881. The minimum Gasteiger partial charge on any atom is -0.207 e. The maximum atomic E-state index is 13.9. The summed E-state index contributed by atoms with van der Waals surface area (Å²) in [5.41, 5.74) is 2.53. The highest BCUT2D eigenvalue weighted by atomic mass is 35.5. The number of aryl methyl sites for hydroxylation is 2. The van der Waals surface area contributed by atoms with Crippen molar-refractivity contribution < 1.29 is 8.78 Å². The van der Waals surface area contributed by atoms with Crippen LogP contribution in [0.1, 0.15) is 27.6 Å². The summed E-state index contributed by atoms with van der Waals surface area (Å²) < 4.78 is 27.4. The molecule has 0 saturated carbocycles. The van der Waals surface area contributed by atoms with Crippen LogP contribution in [0.4, 0.5) is 8.78 Å². The van der Waals surface area contributed by atoms with Crippen molar-refractivity contribution in [3.05, 3.63) is 68.2 Å². The van der Waals surface area contributed by atoms with Gasteiger partial charge in [-0.1, -0.05) is 29.3 Å². The summed E-state index contributed by atoms with van der Waals surface area (Å²) in [6.07, 6.45) is 0. The number of alkyl halides is 1. The zero-order valence-electron chi connectivity index (χ0n) is 10.8. The molecule has 0 aliphatic rings. The number of halogens is 5. The van der Waals surface area contributed by atoms with E-state index in [0.717, 1.165) is 23.3 Å². The Hall–Kier alpha value is -0.830. The topological polar surface area (TPSA) is 0 Å². The highest BCUT2D eigenvalue weighted by Crippen LogP contribution is 2.37. The van der Waals surface area contributed by atoms with Crippen LogP contribution in [0.3, 0.4) is 0 Å². The van der Waals surface area contributed by atoms with E-state index >= 15 is 0 Å². The van der Waals surface area contributed by atoms with E-state index in [2.05, 4.69) is 0 Å². The van der Waals surface area contributed by atoms with Gasteiger partial charge in [-0.05, 0) is 48.7 Å². The Morgan fingerprint density at radius 2 is 1.40 bits per heavy atom. The standard InChI is InChI=1S/C15H11Cl3F2/c1-7-3-9(11(16)4-8(7)2)15(18)10-5-14(20)12(17)6-13(10)19/h3-6,15H,1-2H3. The first-order valence-corrected chi connectivity index (χ1v) is 7.05. The van der Waals surface area contributed by atoms with Gasteiger partial charge < -0.3 is 0 Å². The van der Waals surface area contributed by atoms with E-state index < -0.39 is 17.0 Å². The Kier molecular flexibility index (Phi) is 4.58. The minimum absolute atomic E-state index is 0.0127. The lowest BCUT2D eigenvalue weighted by Crippen LogP contribution is -2.01. The lowest BCUT2D eigenvalue weighted by molar-refractivity contribution is 0.587. The molecule has 0 saturated heterocycles. The van der Waals surface area contributed by atoms with E-state index in [1.54, 1.807) is 12.1 Å². The number of hydrogen-bond donors (Lipinski definition) is 0. The molecule has 2 aromatic rings. The Labute approximate surface area is 131 Å². The van der Waals surface area contributed by atoms with Gasteiger partial charge in [0.2, 0.25) is 0 Å². The monoisotopic (exact) mass is 334 g/mol. The Morgan fingerprint density at radius 3 is 2.05 bits per heavy atom. The second kappa shape index (κ2) is 5.88. The number of benzene rings is 2. The molecular formula is C15H11Cl3F2. The quantitative estimate of drug-likeness (QED) is 0.451. The smallest absolute Gasteiger partial charge is 0.142 e. The average Bonchev–Trinajstić information content (AvgIpc) is 2.37. The van der Waals surface area contributed by atoms with Crippen molar-refractivity contribution in [3.8, 4) is 0 Å². The van der Waals surface area contributed by atoms with Crippen LogP contribution in [0.15, 0.2) is 24.3 Å². The first-order valence-electron chi connectivity index (χ1n) is 5.86. The highest BCUT2D eigenvalue weighted by molar-refractivity contribution is 6.33. The summed E-state index contributed by atoms with van der Waals surface area (Å²) >= 11 is 17.9. The second-order valence-corrected chi connectivity index (χ2v) is 5.86. The Balaban J connectivity index is 2.54. The van der Waals surface area contributed by atoms with Crippen molar-refractivity contribution in [2.45, 2.75) is 19.2 Å². The summed E-state index contributed by atoms with van der Waals surface area (Å²) in [6, 6.07) is 5.45. The molecule has 106 valence electrons. The highest BCUT2D eigenvalue weighted by Gasteiger charge is 2.20. The third kappa shape index (κ3) is 2.93. The normalized spacial score (nSPS) is 12.6. The summed E-state index contributed by atoms with van der Waals surface area (Å²) in [7, 11) is 0. The van der Waals surface area contributed by atoms with E-state index in [0.29, 0.717) is 10.6 Å². The summed E-state index contributed by atoms with van der Waals surface area (Å²) in [5, 5.41) is -0.738. The molecular weight excluding hydrogens is 325 g/mol. The van der Waals surface area contributed by atoms with Crippen LogP contribution < -0.4 is 0 Å². The molecule has 2 aromatic carbocycles. The molecule has 20 heavy (non-hydrogen) atoms. The molecule has 0 nitrogen and oxygen atoms in total. The largest absolute Gasteiger partial charge is 0.207 e. The van der Waals surface area contributed by atoms with Crippen LogP contribution in [0.2, 0.25) is 10.0 Å². The van der Waals surface area contributed by atoms with Crippen molar-refractivity contribution in [1.29, 1.82) is 0 Å². The van der Waals surface area contributed by atoms with Crippen molar-refractivity contribution >= 4 is 34.8 Å². The number of rotatable bonds is 2. The fourth-order valence-corrected chi connectivity index (χ4v) is 2.78. The van der Waals surface area contributed by atoms with Gasteiger partial charge >= 0.3 is 0 Å². The Bertz CT molecular complexity index is 611. The predicted octanol–water partition coefficient (Wildman–Crippen LogP) is 6.22.